The summed E-state index contributed by atoms with van der Waals surface area (Å²) in [7, 11) is 0. The average molecular weight is 339 g/mol. The number of nitrogens with two attached hydrogens (primary N) is 1. The molecule has 0 aromatic heterocycles. The molecule has 0 fully saturated rings. The van der Waals surface area contributed by atoms with Gasteiger partial charge in [0, 0.05) is 13.1 Å². The van der Waals surface area contributed by atoms with Crippen LogP contribution in [0.15, 0.2) is 5.10 Å². The first-order valence-corrected chi connectivity index (χ1v) is 8.03. The first kappa shape index (κ1) is 26.1. The Morgan fingerprint density at radius 1 is 1.00 bits per heavy atom. The molecule has 0 heterocycles. The Hall–Kier alpha value is -0.850. The number of hydrogen-bond donors (Lipinski definition) is 4. The molecule has 0 atom stereocenters. The summed E-state index contributed by atoms with van der Waals surface area (Å²) in [4.78, 5) is 10.3. The molecule has 0 amide bonds. The van der Waals surface area contributed by atoms with E-state index in [0.29, 0.717) is 0 Å². The third-order valence-electron chi connectivity index (χ3n) is 2.87. The summed E-state index contributed by atoms with van der Waals surface area (Å²) in [5.41, 5.74) is 5.47. The van der Waals surface area contributed by atoms with Gasteiger partial charge in [-0.2, -0.15) is 5.10 Å². The van der Waals surface area contributed by atoms with Gasteiger partial charge in [0.15, 0.2) is 0 Å². The number of halogens is 1. The molecule has 0 bridgehead atoms. The summed E-state index contributed by atoms with van der Waals surface area (Å²) in [6.07, 6.45) is 9.80. The molecule has 0 unspecified atom stereocenters. The fourth-order valence-corrected chi connectivity index (χ4v) is 1.51. The zero-order valence-electron chi connectivity index (χ0n) is 14.4. The summed E-state index contributed by atoms with van der Waals surface area (Å²) in [5, 5.41) is 12.1. The maximum absolute atomic E-state index is 10.3. The molecular weight excluding hydrogens is 304 g/mol. The van der Waals surface area contributed by atoms with Crippen molar-refractivity contribution in [1.29, 1.82) is 0 Å². The highest BCUT2D eigenvalue weighted by atomic mass is 35.5. The Morgan fingerprint density at radius 2 is 1.50 bits per heavy atom. The molecule has 134 valence electrons. The maximum atomic E-state index is 10.3. The third-order valence-corrected chi connectivity index (χ3v) is 2.87. The number of nitrogens with one attached hydrogen (secondary N) is 2. The van der Waals surface area contributed by atoms with Gasteiger partial charge in [-0.05, 0) is 19.8 Å². The summed E-state index contributed by atoms with van der Waals surface area (Å²) in [6, 6.07) is 0. The first-order valence-electron chi connectivity index (χ1n) is 8.03. The predicted molar refractivity (Wildman–Crippen MR) is 96.5 cm³/mol. The summed E-state index contributed by atoms with van der Waals surface area (Å²) in [5.74, 6) is 4.09. The van der Waals surface area contributed by atoms with Crippen LogP contribution in [-0.2, 0) is 4.79 Å². The van der Waals surface area contributed by atoms with Crippen molar-refractivity contribution in [2.45, 2.75) is 72.1 Å². The Labute approximate surface area is 141 Å². The van der Waals surface area contributed by atoms with Gasteiger partial charge < -0.3 is 10.5 Å². The molecule has 0 aliphatic carbocycles. The number of hydrogen-bond acceptors (Lipinski definition) is 5. The van der Waals surface area contributed by atoms with Crippen molar-refractivity contribution in [3.63, 3.8) is 0 Å². The fourth-order valence-electron chi connectivity index (χ4n) is 1.51. The van der Waals surface area contributed by atoms with Crippen LogP contribution in [0.3, 0.4) is 0 Å². The van der Waals surface area contributed by atoms with Crippen molar-refractivity contribution in [3.8, 4) is 0 Å². The van der Waals surface area contributed by atoms with Crippen LogP contribution in [0.2, 0.25) is 0 Å². The van der Waals surface area contributed by atoms with Gasteiger partial charge in [0.05, 0.1) is 0 Å². The van der Waals surface area contributed by atoms with Gasteiger partial charge in [-0.15, -0.1) is 12.4 Å². The SMILES string of the molecule is CCCCCCNN.CCCCCCNN=C(C)C(=O)O.Cl. The molecule has 6 nitrogen and oxygen atoms in total. The van der Waals surface area contributed by atoms with E-state index in [9.17, 15) is 4.79 Å². The van der Waals surface area contributed by atoms with E-state index in [-0.39, 0.29) is 18.1 Å². The second-order valence-corrected chi connectivity index (χ2v) is 4.99. The van der Waals surface area contributed by atoms with Crippen molar-refractivity contribution in [2.75, 3.05) is 13.1 Å². The Morgan fingerprint density at radius 3 is 1.91 bits per heavy atom. The first-order chi connectivity index (χ1) is 10.1. The van der Waals surface area contributed by atoms with Gasteiger partial charge in [-0.25, -0.2) is 4.79 Å². The molecule has 5 N–H and O–H groups in total. The number of nitrogens with zero attached hydrogens (tertiary/aromatic N) is 1. The zero-order valence-corrected chi connectivity index (χ0v) is 15.2. The summed E-state index contributed by atoms with van der Waals surface area (Å²) >= 11 is 0. The lowest BCUT2D eigenvalue weighted by Crippen LogP contribution is -2.22. The zero-order chi connectivity index (χ0) is 16.3. The van der Waals surface area contributed by atoms with Crippen LogP contribution < -0.4 is 16.7 Å². The van der Waals surface area contributed by atoms with Gasteiger partial charge in [-0.1, -0.05) is 52.4 Å². The number of aliphatic carboxylic acids is 1. The van der Waals surface area contributed by atoms with Crippen molar-refractivity contribution < 1.29 is 9.90 Å². The lowest BCUT2D eigenvalue weighted by Gasteiger charge is -2.00. The van der Waals surface area contributed by atoms with Gasteiger partial charge in [0.1, 0.15) is 5.71 Å². The van der Waals surface area contributed by atoms with E-state index in [0.717, 1.165) is 19.5 Å². The van der Waals surface area contributed by atoms with E-state index in [1.165, 1.54) is 51.9 Å². The minimum absolute atomic E-state index is 0. The highest BCUT2D eigenvalue weighted by Gasteiger charge is 1.99. The molecule has 0 aliphatic rings. The van der Waals surface area contributed by atoms with Crippen LogP contribution in [0.4, 0.5) is 0 Å². The van der Waals surface area contributed by atoms with E-state index >= 15 is 0 Å². The number of carbonyl (C=O) groups is 1. The van der Waals surface area contributed by atoms with E-state index in [2.05, 4.69) is 29.8 Å². The van der Waals surface area contributed by atoms with Crippen LogP contribution in [0.1, 0.15) is 72.1 Å². The lowest BCUT2D eigenvalue weighted by molar-refractivity contribution is -0.129. The predicted octanol–water partition coefficient (Wildman–Crippen LogP) is 3.07. The number of carboxylic acids is 1. The highest BCUT2D eigenvalue weighted by Crippen LogP contribution is 1.97. The van der Waals surface area contributed by atoms with E-state index < -0.39 is 5.97 Å². The van der Waals surface area contributed by atoms with Gasteiger partial charge >= 0.3 is 5.97 Å². The standard InChI is InChI=1S/C9H18N2O2.C6H16N2.ClH/c1-3-4-5-6-7-10-11-8(2)9(12)13;1-2-3-4-5-6-8-7;/h10H,3-7H2,1-2H3,(H,12,13);8H,2-7H2,1H3;1H. The Bertz CT molecular complexity index is 258. The number of hydrazine groups is 1. The average Bonchev–Trinajstić information content (AvgIpc) is 2.47. The summed E-state index contributed by atoms with van der Waals surface area (Å²) < 4.78 is 0. The van der Waals surface area contributed by atoms with Crippen LogP contribution in [0.25, 0.3) is 0 Å². The van der Waals surface area contributed by atoms with Crippen LogP contribution >= 0.6 is 12.4 Å². The van der Waals surface area contributed by atoms with Crippen molar-refractivity contribution in [2.24, 2.45) is 10.9 Å². The molecule has 0 aliphatic heterocycles. The largest absolute Gasteiger partial charge is 0.477 e. The lowest BCUT2D eigenvalue weighted by atomic mass is 10.2. The quantitative estimate of drug-likeness (QED) is 0.190. The van der Waals surface area contributed by atoms with Crippen LogP contribution in [0.5, 0.6) is 0 Å². The number of carboxylic acid groups (broad SMARTS) is 1. The second-order valence-electron chi connectivity index (χ2n) is 4.99. The smallest absolute Gasteiger partial charge is 0.351 e. The van der Waals surface area contributed by atoms with Gasteiger partial charge in [0.2, 0.25) is 0 Å². The molecule has 0 rings (SSSR count). The molecule has 0 aromatic carbocycles. The van der Waals surface area contributed by atoms with Crippen LogP contribution in [-0.4, -0.2) is 29.9 Å². The maximum Gasteiger partial charge on any atom is 0.351 e. The molecule has 0 spiro atoms. The molecule has 0 radical (unpaired) electrons. The molecule has 0 saturated carbocycles. The molecule has 0 aromatic rings. The molecule has 0 saturated heterocycles. The highest BCUT2D eigenvalue weighted by molar-refractivity contribution is 6.34. The van der Waals surface area contributed by atoms with Crippen molar-refractivity contribution in [1.82, 2.24) is 10.9 Å². The van der Waals surface area contributed by atoms with Gasteiger partial charge in [0.25, 0.3) is 0 Å². The van der Waals surface area contributed by atoms with Crippen LogP contribution in [0, 0.1) is 0 Å². The minimum Gasteiger partial charge on any atom is -0.477 e. The van der Waals surface area contributed by atoms with Crippen molar-refractivity contribution in [3.05, 3.63) is 0 Å². The number of hydrazone groups is 1. The minimum atomic E-state index is -0.971. The second kappa shape index (κ2) is 22.4. The summed E-state index contributed by atoms with van der Waals surface area (Å²) in [6.45, 7) is 7.54. The Balaban J connectivity index is -0.000000348. The van der Waals surface area contributed by atoms with Gasteiger partial charge in [-0.3, -0.25) is 11.3 Å². The number of unbranched alkanes of at least 4 members (excludes halogenated alkanes) is 6. The molecule has 7 heteroatoms. The fraction of sp³-hybridized carbons (Fsp3) is 0.867. The third kappa shape index (κ3) is 24.2. The number of rotatable bonds is 12. The van der Waals surface area contributed by atoms with E-state index in [1.807, 2.05) is 0 Å². The monoisotopic (exact) mass is 338 g/mol. The Kier molecular flexibility index (Phi) is 26.6. The van der Waals surface area contributed by atoms with Crippen molar-refractivity contribution >= 4 is 24.1 Å². The van der Waals surface area contributed by atoms with E-state index in [1.54, 1.807) is 0 Å². The van der Waals surface area contributed by atoms with E-state index in [4.69, 9.17) is 10.9 Å². The molecule has 22 heavy (non-hydrogen) atoms. The molecular formula is C15H35ClN4O2. The normalized spacial score (nSPS) is 10.3. The topological polar surface area (TPSA) is 99.7 Å².